The number of fused-ring (bicyclic) bond motifs is 1. The van der Waals surface area contributed by atoms with E-state index in [0.717, 1.165) is 30.6 Å². The fraction of sp³-hybridized carbons (Fsp3) is 0.467. The molecule has 0 unspecified atom stereocenters. The van der Waals surface area contributed by atoms with Crippen molar-refractivity contribution in [2.24, 2.45) is 0 Å². The number of nitrogens with zero attached hydrogens (tertiary/aromatic N) is 1. The molecule has 1 amide bonds. The number of carbonyl (C=O) groups excluding carboxylic acids is 2. The van der Waals surface area contributed by atoms with Gasteiger partial charge in [-0.3, -0.25) is 9.59 Å². The average Bonchev–Trinajstić information content (AvgIpc) is 2.93. The number of methoxy groups -OCH3 is 1. The number of hydrogen-bond donors (Lipinski definition) is 1. The summed E-state index contributed by atoms with van der Waals surface area (Å²) in [4.78, 5) is 25.4. The maximum Gasteiger partial charge on any atom is 0.325 e. The highest BCUT2D eigenvalue weighted by Crippen LogP contribution is 2.23. The van der Waals surface area contributed by atoms with Gasteiger partial charge in [-0.05, 0) is 36.6 Å². The third kappa shape index (κ3) is 3.10. The molecular weight excluding hydrogens is 256 g/mol. The van der Waals surface area contributed by atoms with Gasteiger partial charge in [-0.1, -0.05) is 6.92 Å². The molecule has 1 aliphatic heterocycles. The Bertz CT molecular complexity index is 514. The van der Waals surface area contributed by atoms with Crippen LogP contribution in [0.1, 0.15) is 29.3 Å². The Labute approximate surface area is 118 Å². The van der Waals surface area contributed by atoms with Crippen molar-refractivity contribution >= 4 is 17.6 Å². The number of hydrogen-bond acceptors (Lipinski definition) is 4. The highest BCUT2D eigenvalue weighted by molar-refractivity contribution is 5.96. The van der Waals surface area contributed by atoms with Gasteiger partial charge >= 0.3 is 5.97 Å². The fourth-order valence-corrected chi connectivity index (χ4v) is 2.36. The molecule has 0 aliphatic carbocycles. The minimum atomic E-state index is -0.394. The standard InChI is InChI=1S/C15H20N2O3/c1-3-8-17(10-14(18)20-2)15(19)12-4-5-13-11(9-12)6-7-16-13/h4-5,9,16H,3,6-8,10H2,1-2H3. The van der Waals surface area contributed by atoms with Gasteiger partial charge in [0, 0.05) is 24.3 Å². The number of rotatable bonds is 5. The van der Waals surface area contributed by atoms with Gasteiger partial charge < -0.3 is 15.0 Å². The normalized spacial score (nSPS) is 12.5. The number of carbonyl (C=O) groups is 2. The molecule has 1 aromatic carbocycles. The largest absolute Gasteiger partial charge is 0.468 e. The lowest BCUT2D eigenvalue weighted by Crippen LogP contribution is -2.36. The first kappa shape index (κ1) is 14.4. The van der Waals surface area contributed by atoms with Crippen molar-refractivity contribution in [2.45, 2.75) is 19.8 Å². The smallest absolute Gasteiger partial charge is 0.325 e. The molecule has 0 saturated heterocycles. The molecule has 108 valence electrons. The fourth-order valence-electron chi connectivity index (χ4n) is 2.36. The van der Waals surface area contributed by atoms with E-state index in [4.69, 9.17) is 0 Å². The predicted molar refractivity (Wildman–Crippen MR) is 76.8 cm³/mol. The van der Waals surface area contributed by atoms with E-state index in [0.29, 0.717) is 12.1 Å². The lowest BCUT2D eigenvalue weighted by Gasteiger charge is -2.21. The van der Waals surface area contributed by atoms with E-state index >= 15 is 0 Å². The second-order valence-corrected chi connectivity index (χ2v) is 4.85. The minimum Gasteiger partial charge on any atom is -0.468 e. The lowest BCUT2D eigenvalue weighted by atomic mass is 10.1. The number of amides is 1. The zero-order valence-electron chi connectivity index (χ0n) is 11.9. The number of anilines is 1. The summed E-state index contributed by atoms with van der Waals surface area (Å²) < 4.78 is 4.64. The van der Waals surface area contributed by atoms with Gasteiger partial charge in [0.05, 0.1) is 7.11 Å². The van der Waals surface area contributed by atoms with Gasteiger partial charge in [-0.15, -0.1) is 0 Å². The van der Waals surface area contributed by atoms with Crippen LogP contribution < -0.4 is 5.32 Å². The van der Waals surface area contributed by atoms with Crippen LogP contribution in [0, 0.1) is 0 Å². The molecule has 5 nitrogen and oxygen atoms in total. The van der Waals surface area contributed by atoms with Gasteiger partial charge in [0.15, 0.2) is 0 Å². The summed E-state index contributed by atoms with van der Waals surface area (Å²) in [5.41, 5.74) is 2.88. The Balaban J connectivity index is 2.16. The van der Waals surface area contributed by atoms with Crippen LogP contribution in [0.25, 0.3) is 0 Å². The van der Waals surface area contributed by atoms with E-state index in [1.54, 1.807) is 6.07 Å². The first-order valence-electron chi connectivity index (χ1n) is 6.88. The van der Waals surface area contributed by atoms with Crippen LogP contribution in [0.2, 0.25) is 0 Å². The summed E-state index contributed by atoms with van der Waals surface area (Å²) in [6.45, 7) is 3.43. The number of benzene rings is 1. The predicted octanol–water partition coefficient (Wildman–Crippen LogP) is 1.68. The SMILES string of the molecule is CCCN(CC(=O)OC)C(=O)c1ccc2c(c1)CCN2. The summed E-state index contributed by atoms with van der Waals surface area (Å²) in [5, 5.41) is 3.26. The summed E-state index contributed by atoms with van der Waals surface area (Å²) >= 11 is 0. The van der Waals surface area contributed by atoms with Crippen LogP contribution in [0.15, 0.2) is 18.2 Å². The van der Waals surface area contributed by atoms with Crippen molar-refractivity contribution in [3.05, 3.63) is 29.3 Å². The van der Waals surface area contributed by atoms with Gasteiger partial charge in [0.25, 0.3) is 5.91 Å². The van der Waals surface area contributed by atoms with Crippen molar-refractivity contribution in [2.75, 3.05) is 32.1 Å². The summed E-state index contributed by atoms with van der Waals surface area (Å²) in [6.07, 6.45) is 1.73. The molecule has 5 heteroatoms. The van der Waals surface area contributed by atoms with E-state index in [9.17, 15) is 9.59 Å². The van der Waals surface area contributed by atoms with Crippen LogP contribution in [0.5, 0.6) is 0 Å². The molecule has 2 rings (SSSR count). The Morgan fingerprint density at radius 3 is 2.90 bits per heavy atom. The number of esters is 1. The van der Waals surface area contributed by atoms with Crippen LogP contribution >= 0.6 is 0 Å². The van der Waals surface area contributed by atoms with Crippen LogP contribution in [-0.4, -0.2) is 43.5 Å². The van der Waals surface area contributed by atoms with Crippen molar-refractivity contribution < 1.29 is 14.3 Å². The molecule has 0 atom stereocenters. The lowest BCUT2D eigenvalue weighted by molar-refractivity contribution is -0.141. The summed E-state index contributed by atoms with van der Waals surface area (Å²) in [5.74, 6) is -0.512. The molecule has 0 saturated carbocycles. The Morgan fingerprint density at radius 2 is 2.20 bits per heavy atom. The van der Waals surface area contributed by atoms with E-state index in [2.05, 4.69) is 10.1 Å². The molecule has 0 radical (unpaired) electrons. The summed E-state index contributed by atoms with van der Waals surface area (Å²) in [6, 6.07) is 5.65. The van der Waals surface area contributed by atoms with Crippen LogP contribution in [-0.2, 0) is 16.0 Å². The molecule has 1 heterocycles. The van der Waals surface area contributed by atoms with Crippen molar-refractivity contribution in [1.29, 1.82) is 0 Å². The van der Waals surface area contributed by atoms with Gasteiger partial charge in [-0.25, -0.2) is 0 Å². The van der Waals surface area contributed by atoms with Gasteiger partial charge in [0.2, 0.25) is 0 Å². The molecule has 1 N–H and O–H groups in total. The third-order valence-corrected chi connectivity index (χ3v) is 3.39. The van der Waals surface area contributed by atoms with Gasteiger partial charge in [0.1, 0.15) is 6.54 Å². The van der Waals surface area contributed by atoms with Gasteiger partial charge in [-0.2, -0.15) is 0 Å². The highest BCUT2D eigenvalue weighted by Gasteiger charge is 2.20. The van der Waals surface area contributed by atoms with Crippen LogP contribution in [0.4, 0.5) is 5.69 Å². The first-order valence-corrected chi connectivity index (χ1v) is 6.88. The maximum atomic E-state index is 12.5. The third-order valence-electron chi connectivity index (χ3n) is 3.39. The summed E-state index contributed by atoms with van der Waals surface area (Å²) in [7, 11) is 1.33. The molecular formula is C15H20N2O3. The number of nitrogens with one attached hydrogen (secondary N) is 1. The Kier molecular flexibility index (Phi) is 4.61. The van der Waals surface area contributed by atoms with E-state index in [1.807, 2.05) is 19.1 Å². The quantitative estimate of drug-likeness (QED) is 0.831. The van der Waals surface area contributed by atoms with Crippen molar-refractivity contribution in [3.63, 3.8) is 0 Å². The van der Waals surface area contributed by atoms with E-state index < -0.39 is 5.97 Å². The highest BCUT2D eigenvalue weighted by atomic mass is 16.5. The van der Waals surface area contributed by atoms with Crippen molar-refractivity contribution in [1.82, 2.24) is 4.90 Å². The maximum absolute atomic E-state index is 12.5. The van der Waals surface area contributed by atoms with Crippen LogP contribution in [0.3, 0.4) is 0 Å². The molecule has 0 aromatic heterocycles. The first-order chi connectivity index (χ1) is 9.65. The zero-order chi connectivity index (χ0) is 14.5. The van der Waals surface area contributed by atoms with E-state index in [-0.39, 0.29) is 12.5 Å². The molecule has 20 heavy (non-hydrogen) atoms. The van der Waals surface area contributed by atoms with E-state index in [1.165, 1.54) is 12.0 Å². The monoisotopic (exact) mass is 276 g/mol. The molecule has 1 aromatic rings. The Hall–Kier alpha value is -2.04. The minimum absolute atomic E-state index is 0.00148. The number of ether oxygens (including phenoxy) is 1. The molecule has 0 bridgehead atoms. The second-order valence-electron chi connectivity index (χ2n) is 4.85. The average molecular weight is 276 g/mol. The second kappa shape index (κ2) is 6.41. The topological polar surface area (TPSA) is 58.6 Å². The molecule has 0 fully saturated rings. The molecule has 1 aliphatic rings. The molecule has 0 spiro atoms. The zero-order valence-corrected chi connectivity index (χ0v) is 11.9. The Morgan fingerprint density at radius 1 is 1.40 bits per heavy atom. The van der Waals surface area contributed by atoms with Crippen molar-refractivity contribution in [3.8, 4) is 0 Å².